The molecule has 23 heavy (non-hydrogen) atoms. The summed E-state index contributed by atoms with van der Waals surface area (Å²) in [5, 5.41) is 5.46. The second kappa shape index (κ2) is 8.59. The smallest absolute Gasteiger partial charge is 0.251 e. The maximum atomic E-state index is 13.0. The van der Waals surface area contributed by atoms with E-state index in [1.165, 1.54) is 18.2 Å². The minimum atomic E-state index is -0.447. The number of halogens is 1. The number of ether oxygens (including phenoxy) is 1. The molecule has 4 N–H and O–H groups in total. The molecule has 6 nitrogen and oxygen atoms in total. The lowest BCUT2D eigenvalue weighted by molar-refractivity contribution is -0.131. The highest BCUT2D eigenvalue weighted by molar-refractivity contribution is 5.94. The van der Waals surface area contributed by atoms with Crippen LogP contribution in [0.1, 0.15) is 29.6 Å². The topological polar surface area (TPSA) is 93.5 Å². The number of carbonyl (C=O) groups is 2. The van der Waals surface area contributed by atoms with Crippen molar-refractivity contribution in [2.45, 2.75) is 31.5 Å². The van der Waals surface area contributed by atoms with Crippen LogP contribution in [-0.4, -0.2) is 43.7 Å². The van der Waals surface area contributed by atoms with Crippen molar-refractivity contribution in [3.63, 3.8) is 0 Å². The van der Waals surface area contributed by atoms with Gasteiger partial charge < -0.3 is 21.1 Å². The number of nitrogens with two attached hydrogens (primary N) is 1. The summed E-state index contributed by atoms with van der Waals surface area (Å²) >= 11 is 0. The second-order valence-corrected chi connectivity index (χ2v) is 5.47. The molecule has 1 aliphatic heterocycles. The highest BCUT2D eigenvalue weighted by Crippen LogP contribution is 2.18. The maximum absolute atomic E-state index is 13.0. The number of hydrogen-bond donors (Lipinski definition) is 3. The molecule has 0 unspecified atom stereocenters. The molecule has 1 heterocycles. The summed E-state index contributed by atoms with van der Waals surface area (Å²) < 4.78 is 18.5. The van der Waals surface area contributed by atoms with E-state index in [1.54, 1.807) is 6.07 Å². The Morgan fingerprint density at radius 1 is 1.26 bits per heavy atom. The molecule has 7 heteroatoms. The standard InChI is InChI=1S/C16H22FN3O3/c17-12-4-1-3-11(9-12)15(21)19-7-2-8-20-16(22)14-6-5-13(10-18)23-14/h1,3-4,9,13-14H,2,5-8,10,18H2,(H,19,21)(H,20,22)/t13-,14+/m1/s1. The molecular formula is C16H22FN3O3. The van der Waals surface area contributed by atoms with Crippen molar-refractivity contribution in [3.8, 4) is 0 Å². The van der Waals surface area contributed by atoms with Gasteiger partial charge in [0.15, 0.2) is 0 Å². The van der Waals surface area contributed by atoms with Crippen LogP contribution in [0.4, 0.5) is 4.39 Å². The number of benzene rings is 1. The summed E-state index contributed by atoms with van der Waals surface area (Å²) in [7, 11) is 0. The van der Waals surface area contributed by atoms with Crippen molar-refractivity contribution in [1.82, 2.24) is 10.6 Å². The van der Waals surface area contributed by atoms with Crippen LogP contribution < -0.4 is 16.4 Å². The Morgan fingerprint density at radius 3 is 2.74 bits per heavy atom. The number of amides is 2. The average molecular weight is 323 g/mol. The minimum Gasteiger partial charge on any atom is -0.364 e. The summed E-state index contributed by atoms with van der Waals surface area (Å²) in [6.45, 7) is 1.26. The van der Waals surface area contributed by atoms with Gasteiger partial charge >= 0.3 is 0 Å². The van der Waals surface area contributed by atoms with Gasteiger partial charge in [0.25, 0.3) is 5.91 Å². The van der Waals surface area contributed by atoms with Crippen LogP contribution in [0, 0.1) is 5.82 Å². The zero-order valence-corrected chi connectivity index (χ0v) is 12.9. The highest BCUT2D eigenvalue weighted by atomic mass is 19.1. The first-order chi connectivity index (χ1) is 11.1. The summed E-state index contributed by atoms with van der Waals surface area (Å²) in [6, 6.07) is 5.50. The van der Waals surface area contributed by atoms with Gasteiger partial charge in [0.2, 0.25) is 5.91 Å². The Hall–Kier alpha value is -1.99. The summed E-state index contributed by atoms with van der Waals surface area (Å²) in [6.07, 6.45) is 1.61. The lowest BCUT2D eigenvalue weighted by atomic mass is 10.2. The van der Waals surface area contributed by atoms with Crippen LogP contribution in [0.3, 0.4) is 0 Å². The molecule has 0 saturated carbocycles. The van der Waals surface area contributed by atoms with E-state index in [0.717, 1.165) is 6.42 Å². The van der Waals surface area contributed by atoms with Crippen molar-refractivity contribution in [2.75, 3.05) is 19.6 Å². The van der Waals surface area contributed by atoms with E-state index in [1.807, 2.05) is 0 Å². The Balaban J connectivity index is 1.60. The molecule has 0 spiro atoms. The summed E-state index contributed by atoms with van der Waals surface area (Å²) in [5.41, 5.74) is 5.78. The zero-order chi connectivity index (χ0) is 16.7. The van der Waals surface area contributed by atoms with E-state index in [-0.39, 0.29) is 23.5 Å². The first-order valence-corrected chi connectivity index (χ1v) is 7.77. The highest BCUT2D eigenvalue weighted by Gasteiger charge is 2.29. The SMILES string of the molecule is NC[C@H]1CC[C@@H](C(=O)NCCCNC(=O)c2cccc(F)c2)O1. The van der Waals surface area contributed by atoms with Crippen LogP contribution in [0.5, 0.6) is 0 Å². The van der Waals surface area contributed by atoms with Crippen molar-refractivity contribution in [3.05, 3.63) is 35.6 Å². The first kappa shape index (κ1) is 17.4. The van der Waals surface area contributed by atoms with E-state index in [9.17, 15) is 14.0 Å². The minimum absolute atomic E-state index is 0.0312. The van der Waals surface area contributed by atoms with Crippen molar-refractivity contribution < 1.29 is 18.7 Å². The third-order valence-corrected chi connectivity index (χ3v) is 3.69. The molecule has 126 valence electrons. The Bertz CT molecular complexity index is 553. The molecule has 0 aromatic heterocycles. The monoisotopic (exact) mass is 323 g/mol. The Labute approximate surface area is 134 Å². The molecule has 1 aromatic carbocycles. The van der Waals surface area contributed by atoms with Crippen LogP contribution in [0.25, 0.3) is 0 Å². The summed E-state index contributed by atoms with van der Waals surface area (Å²) in [5.74, 6) is -0.921. The molecule has 2 atom stereocenters. The van der Waals surface area contributed by atoms with Gasteiger partial charge in [0, 0.05) is 25.2 Å². The fourth-order valence-corrected chi connectivity index (χ4v) is 2.42. The molecule has 1 aliphatic rings. The van der Waals surface area contributed by atoms with Gasteiger partial charge in [-0.3, -0.25) is 9.59 Å². The van der Waals surface area contributed by atoms with Gasteiger partial charge in [0.1, 0.15) is 11.9 Å². The molecule has 0 bridgehead atoms. The first-order valence-electron chi connectivity index (χ1n) is 7.77. The number of hydrogen-bond acceptors (Lipinski definition) is 4. The van der Waals surface area contributed by atoms with Crippen LogP contribution >= 0.6 is 0 Å². The number of carbonyl (C=O) groups excluding carboxylic acids is 2. The lowest BCUT2D eigenvalue weighted by Gasteiger charge is -2.12. The number of nitrogens with one attached hydrogen (secondary N) is 2. The molecule has 2 amide bonds. The lowest BCUT2D eigenvalue weighted by Crippen LogP contribution is -2.37. The molecule has 2 rings (SSSR count). The van der Waals surface area contributed by atoms with Crippen LogP contribution in [-0.2, 0) is 9.53 Å². The van der Waals surface area contributed by atoms with Gasteiger partial charge in [-0.1, -0.05) is 6.07 Å². The van der Waals surface area contributed by atoms with E-state index in [2.05, 4.69) is 10.6 Å². The largest absolute Gasteiger partial charge is 0.364 e. The number of rotatable bonds is 7. The van der Waals surface area contributed by atoms with Gasteiger partial charge in [-0.2, -0.15) is 0 Å². The molecule has 1 fully saturated rings. The Morgan fingerprint density at radius 2 is 2.04 bits per heavy atom. The molecule has 1 aromatic rings. The fraction of sp³-hybridized carbons (Fsp3) is 0.500. The van der Waals surface area contributed by atoms with E-state index in [0.29, 0.717) is 32.5 Å². The summed E-state index contributed by atoms with van der Waals surface area (Å²) in [4.78, 5) is 23.6. The normalized spacial score (nSPS) is 20.3. The molecule has 1 saturated heterocycles. The van der Waals surface area contributed by atoms with E-state index >= 15 is 0 Å². The van der Waals surface area contributed by atoms with Crippen LogP contribution in [0.15, 0.2) is 24.3 Å². The predicted octanol–water partition coefficient (Wildman–Crippen LogP) is 0.568. The van der Waals surface area contributed by atoms with Crippen molar-refractivity contribution in [2.24, 2.45) is 5.73 Å². The van der Waals surface area contributed by atoms with E-state index in [4.69, 9.17) is 10.5 Å². The fourth-order valence-electron chi connectivity index (χ4n) is 2.42. The zero-order valence-electron chi connectivity index (χ0n) is 12.9. The van der Waals surface area contributed by atoms with Gasteiger partial charge in [-0.25, -0.2) is 4.39 Å². The molecular weight excluding hydrogens is 301 g/mol. The van der Waals surface area contributed by atoms with Crippen molar-refractivity contribution >= 4 is 11.8 Å². The molecule has 0 radical (unpaired) electrons. The van der Waals surface area contributed by atoms with Gasteiger partial charge in [0.05, 0.1) is 6.10 Å². The third-order valence-electron chi connectivity index (χ3n) is 3.69. The van der Waals surface area contributed by atoms with Crippen molar-refractivity contribution in [1.29, 1.82) is 0 Å². The predicted molar refractivity (Wildman–Crippen MR) is 83.3 cm³/mol. The van der Waals surface area contributed by atoms with Crippen LogP contribution in [0.2, 0.25) is 0 Å². The average Bonchev–Trinajstić information content (AvgIpc) is 3.03. The second-order valence-electron chi connectivity index (χ2n) is 5.47. The third kappa shape index (κ3) is 5.30. The van der Waals surface area contributed by atoms with Gasteiger partial charge in [-0.15, -0.1) is 0 Å². The van der Waals surface area contributed by atoms with E-state index < -0.39 is 11.9 Å². The molecule has 0 aliphatic carbocycles. The maximum Gasteiger partial charge on any atom is 0.251 e. The van der Waals surface area contributed by atoms with Gasteiger partial charge in [-0.05, 0) is 37.5 Å². The quantitative estimate of drug-likeness (QED) is 0.640. The Kier molecular flexibility index (Phi) is 6.49.